The third-order valence-electron chi connectivity index (χ3n) is 5.27. The zero-order valence-corrected chi connectivity index (χ0v) is 20.0. The zero-order chi connectivity index (χ0) is 23.3. The molecule has 1 atom stereocenters. The van der Waals surface area contributed by atoms with Crippen LogP contribution in [0.1, 0.15) is 36.1 Å². The van der Waals surface area contributed by atoms with Gasteiger partial charge in [0.05, 0.1) is 16.6 Å². The lowest BCUT2D eigenvalue weighted by molar-refractivity contribution is -0.120. The molecule has 0 aliphatic carbocycles. The number of benzene rings is 3. The van der Waals surface area contributed by atoms with E-state index < -0.39 is 10.0 Å². The standard InChI is InChI=1S/C25H27ClN2O3S/c1-4-23(20-12-10-18(2)11-13-20)27-25(29)17-28(24-15-14-21(26)16-19(24)3)32(30,31)22-8-6-5-7-9-22/h5-16,23H,4,17H2,1-3H3,(H,27,29)/t23-/m1/s1. The fourth-order valence-corrected chi connectivity index (χ4v) is 5.24. The number of nitrogens with one attached hydrogen (secondary N) is 1. The molecule has 1 N–H and O–H groups in total. The number of anilines is 1. The number of halogens is 1. The van der Waals surface area contributed by atoms with Gasteiger partial charge in [-0.25, -0.2) is 8.42 Å². The summed E-state index contributed by atoms with van der Waals surface area (Å²) in [6.07, 6.45) is 0.681. The number of amides is 1. The van der Waals surface area contributed by atoms with Gasteiger partial charge in [0.2, 0.25) is 5.91 Å². The molecule has 0 fully saturated rings. The lowest BCUT2D eigenvalue weighted by Gasteiger charge is -2.27. The maximum absolute atomic E-state index is 13.5. The predicted molar refractivity (Wildman–Crippen MR) is 130 cm³/mol. The second-order valence-corrected chi connectivity index (χ2v) is 9.99. The van der Waals surface area contributed by atoms with Gasteiger partial charge in [0.25, 0.3) is 10.0 Å². The molecular weight excluding hydrogens is 444 g/mol. The van der Waals surface area contributed by atoms with E-state index >= 15 is 0 Å². The zero-order valence-electron chi connectivity index (χ0n) is 18.4. The molecule has 1 amide bonds. The molecule has 7 heteroatoms. The Kier molecular flexibility index (Phi) is 7.59. The smallest absolute Gasteiger partial charge is 0.264 e. The van der Waals surface area contributed by atoms with Crippen LogP contribution in [0.3, 0.4) is 0 Å². The van der Waals surface area contributed by atoms with Crippen molar-refractivity contribution in [1.29, 1.82) is 0 Å². The van der Waals surface area contributed by atoms with Crippen LogP contribution < -0.4 is 9.62 Å². The second kappa shape index (κ2) is 10.2. The lowest BCUT2D eigenvalue weighted by atomic mass is 10.0. The number of sulfonamides is 1. The lowest BCUT2D eigenvalue weighted by Crippen LogP contribution is -2.42. The molecule has 0 radical (unpaired) electrons. The normalized spacial score (nSPS) is 12.2. The third-order valence-corrected chi connectivity index (χ3v) is 7.28. The van der Waals surface area contributed by atoms with Crippen molar-refractivity contribution in [3.63, 3.8) is 0 Å². The molecule has 0 heterocycles. The molecule has 0 aromatic heterocycles. The van der Waals surface area contributed by atoms with Crippen LogP contribution in [0.25, 0.3) is 0 Å². The van der Waals surface area contributed by atoms with E-state index in [0.717, 1.165) is 15.4 Å². The van der Waals surface area contributed by atoms with E-state index in [-0.39, 0.29) is 23.4 Å². The molecule has 32 heavy (non-hydrogen) atoms. The van der Waals surface area contributed by atoms with E-state index in [4.69, 9.17) is 11.6 Å². The van der Waals surface area contributed by atoms with Crippen LogP contribution in [0.15, 0.2) is 77.7 Å². The van der Waals surface area contributed by atoms with E-state index in [0.29, 0.717) is 22.7 Å². The summed E-state index contributed by atoms with van der Waals surface area (Å²) in [5, 5.41) is 3.48. The predicted octanol–water partition coefficient (Wildman–Crippen LogP) is 5.42. The van der Waals surface area contributed by atoms with Crippen LogP contribution in [0.5, 0.6) is 0 Å². The maximum atomic E-state index is 13.5. The molecule has 0 bridgehead atoms. The second-order valence-electron chi connectivity index (χ2n) is 7.69. The van der Waals surface area contributed by atoms with Crippen LogP contribution in [0, 0.1) is 13.8 Å². The van der Waals surface area contributed by atoms with Crippen molar-refractivity contribution < 1.29 is 13.2 Å². The highest BCUT2D eigenvalue weighted by Crippen LogP contribution is 2.29. The van der Waals surface area contributed by atoms with E-state index in [1.165, 1.54) is 12.1 Å². The number of hydrogen-bond acceptors (Lipinski definition) is 3. The van der Waals surface area contributed by atoms with Crippen LogP contribution in [0.4, 0.5) is 5.69 Å². The Labute approximate surface area is 195 Å². The molecule has 3 aromatic rings. The summed E-state index contributed by atoms with van der Waals surface area (Å²) >= 11 is 6.08. The average molecular weight is 471 g/mol. The van der Waals surface area contributed by atoms with Crippen molar-refractivity contribution in [2.45, 2.75) is 38.1 Å². The number of aryl methyl sites for hydroxylation is 2. The number of nitrogens with zero attached hydrogens (tertiary/aromatic N) is 1. The minimum atomic E-state index is -3.97. The average Bonchev–Trinajstić information content (AvgIpc) is 2.77. The summed E-state index contributed by atoms with van der Waals surface area (Å²) in [6.45, 7) is 5.41. The molecule has 0 aliphatic heterocycles. The van der Waals surface area contributed by atoms with Gasteiger partial charge < -0.3 is 5.32 Å². The van der Waals surface area contributed by atoms with Crippen LogP contribution in [-0.2, 0) is 14.8 Å². The molecule has 0 saturated heterocycles. The number of carbonyl (C=O) groups excluding carboxylic acids is 1. The molecule has 0 spiro atoms. The van der Waals surface area contributed by atoms with Crippen LogP contribution in [0.2, 0.25) is 5.02 Å². The number of carbonyl (C=O) groups is 1. The van der Waals surface area contributed by atoms with Gasteiger partial charge in [-0.15, -0.1) is 0 Å². The fourth-order valence-electron chi connectivity index (χ4n) is 3.51. The highest BCUT2D eigenvalue weighted by molar-refractivity contribution is 7.92. The Hall–Kier alpha value is -2.83. The summed E-state index contributed by atoms with van der Waals surface area (Å²) < 4.78 is 28.1. The molecule has 0 saturated carbocycles. The monoisotopic (exact) mass is 470 g/mol. The maximum Gasteiger partial charge on any atom is 0.264 e. The van der Waals surface area contributed by atoms with Crippen molar-refractivity contribution in [2.75, 3.05) is 10.8 Å². The van der Waals surface area contributed by atoms with Gasteiger partial charge >= 0.3 is 0 Å². The molecule has 3 aromatic carbocycles. The molecular formula is C25H27ClN2O3S. The first-order valence-electron chi connectivity index (χ1n) is 10.4. The molecule has 0 aliphatic rings. The SMILES string of the molecule is CC[C@@H](NC(=O)CN(c1ccc(Cl)cc1C)S(=O)(=O)c1ccccc1)c1ccc(C)cc1. The summed E-state index contributed by atoms with van der Waals surface area (Å²) in [5.41, 5.74) is 3.19. The largest absolute Gasteiger partial charge is 0.348 e. The van der Waals surface area contributed by atoms with E-state index in [1.54, 1.807) is 43.3 Å². The van der Waals surface area contributed by atoms with Gasteiger partial charge in [0, 0.05) is 5.02 Å². The summed E-state index contributed by atoms with van der Waals surface area (Å²) in [5.74, 6) is -0.383. The van der Waals surface area contributed by atoms with Crippen LogP contribution >= 0.6 is 11.6 Å². The van der Waals surface area contributed by atoms with Gasteiger partial charge in [0.1, 0.15) is 6.54 Å². The molecule has 5 nitrogen and oxygen atoms in total. The first-order chi connectivity index (χ1) is 15.2. The van der Waals surface area contributed by atoms with Gasteiger partial charge in [-0.3, -0.25) is 9.10 Å². The number of hydrogen-bond donors (Lipinski definition) is 1. The quantitative estimate of drug-likeness (QED) is 0.478. The van der Waals surface area contributed by atoms with E-state index in [9.17, 15) is 13.2 Å². The minimum absolute atomic E-state index is 0.118. The van der Waals surface area contributed by atoms with Crippen molar-refractivity contribution in [3.8, 4) is 0 Å². The fraction of sp³-hybridized carbons (Fsp3) is 0.240. The van der Waals surface area contributed by atoms with Crippen LogP contribution in [-0.4, -0.2) is 20.9 Å². The summed E-state index contributed by atoms with van der Waals surface area (Å²) in [6, 6.07) is 20.8. The van der Waals surface area contributed by atoms with Gasteiger partial charge in [-0.05, 0) is 61.7 Å². The van der Waals surface area contributed by atoms with Gasteiger partial charge in [0.15, 0.2) is 0 Å². The molecule has 0 unspecified atom stereocenters. The topological polar surface area (TPSA) is 66.5 Å². The summed E-state index contributed by atoms with van der Waals surface area (Å²) in [4.78, 5) is 13.2. The van der Waals surface area contributed by atoms with E-state index in [1.807, 2.05) is 38.1 Å². The van der Waals surface area contributed by atoms with Gasteiger partial charge in [-0.2, -0.15) is 0 Å². The first kappa shape index (κ1) is 23.8. The molecule has 3 rings (SSSR count). The Balaban J connectivity index is 1.93. The Morgan fingerprint density at radius 3 is 2.25 bits per heavy atom. The Morgan fingerprint density at radius 2 is 1.66 bits per heavy atom. The first-order valence-corrected chi connectivity index (χ1v) is 12.2. The molecule has 168 valence electrons. The summed E-state index contributed by atoms with van der Waals surface area (Å²) in [7, 11) is -3.97. The number of rotatable bonds is 8. The highest BCUT2D eigenvalue weighted by Gasteiger charge is 2.29. The minimum Gasteiger partial charge on any atom is -0.348 e. The Bertz CT molecular complexity index is 1180. The van der Waals surface area contributed by atoms with Crippen molar-refractivity contribution >= 4 is 33.2 Å². The third kappa shape index (κ3) is 5.50. The van der Waals surface area contributed by atoms with E-state index in [2.05, 4.69) is 5.32 Å². The van der Waals surface area contributed by atoms with Gasteiger partial charge in [-0.1, -0.05) is 66.6 Å². The van der Waals surface area contributed by atoms with Crippen molar-refractivity contribution in [3.05, 3.63) is 94.5 Å². The van der Waals surface area contributed by atoms with Crippen molar-refractivity contribution in [2.24, 2.45) is 0 Å². The highest BCUT2D eigenvalue weighted by atomic mass is 35.5. The van der Waals surface area contributed by atoms with Crippen molar-refractivity contribution in [1.82, 2.24) is 5.32 Å². The Morgan fingerprint density at radius 1 is 1.00 bits per heavy atom.